The van der Waals surface area contributed by atoms with Crippen LogP contribution in [0.4, 0.5) is 10.5 Å². The van der Waals surface area contributed by atoms with E-state index in [-0.39, 0.29) is 11.9 Å². The fourth-order valence-corrected chi connectivity index (χ4v) is 2.65. The number of hydrogen-bond acceptors (Lipinski definition) is 4. The molecule has 2 unspecified atom stereocenters. The van der Waals surface area contributed by atoms with Gasteiger partial charge in [-0.1, -0.05) is 13.0 Å². The standard InChI is InChI=1S/C17H21N3O3/c1-11-6-7-20(9-15(11)21)17(22)19-14-5-3-4-13(8-14)16-18-12(2)10-23-16/h3-5,8,10-11,15,21H,6-7,9H2,1-2H3,(H,19,22). The number of hydrogen-bond donors (Lipinski definition) is 2. The van der Waals surface area contributed by atoms with Crippen LogP contribution in [-0.4, -0.2) is 40.2 Å². The summed E-state index contributed by atoms with van der Waals surface area (Å²) in [7, 11) is 0. The van der Waals surface area contributed by atoms with Crippen molar-refractivity contribution in [1.82, 2.24) is 9.88 Å². The molecule has 3 rings (SSSR count). The zero-order chi connectivity index (χ0) is 16.4. The summed E-state index contributed by atoms with van der Waals surface area (Å²) in [5.41, 5.74) is 2.30. The summed E-state index contributed by atoms with van der Waals surface area (Å²) in [6.07, 6.45) is 1.94. The molecular formula is C17H21N3O3. The molecular weight excluding hydrogens is 294 g/mol. The normalized spacial score (nSPS) is 21.3. The smallest absolute Gasteiger partial charge is 0.321 e. The van der Waals surface area contributed by atoms with Gasteiger partial charge in [-0.15, -0.1) is 0 Å². The predicted octanol–water partition coefficient (Wildman–Crippen LogP) is 2.88. The Bertz CT molecular complexity index is 698. The highest BCUT2D eigenvalue weighted by Crippen LogP contribution is 2.23. The minimum Gasteiger partial charge on any atom is -0.444 e. The molecule has 23 heavy (non-hydrogen) atoms. The van der Waals surface area contributed by atoms with Crippen molar-refractivity contribution in [2.45, 2.75) is 26.4 Å². The van der Waals surface area contributed by atoms with Crippen LogP contribution in [0.15, 0.2) is 34.9 Å². The van der Waals surface area contributed by atoms with E-state index in [4.69, 9.17) is 4.42 Å². The van der Waals surface area contributed by atoms with Gasteiger partial charge >= 0.3 is 6.03 Å². The van der Waals surface area contributed by atoms with E-state index in [0.29, 0.717) is 24.7 Å². The lowest BCUT2D eigenvalue weighted by atomic mass is 9.96. The van der Waals surface area contributed by atoms with Crippen molar-refractivity contribution >= 4 is 11.7 Å². The molecule has 2 aromatic rings. The first-order chi connectivity index (χ1) is 11.0. The number of oxazole rings is 1. The maximum absolute atomic E-state index is 12.3. The van der Waals surface area contributed by atoms with Crippen LogP contribution in [0, 0.1) is 12.8 Å². The lowest BCUT2D eigenvalue weighted by Gasteiger charge is -2.34. The number of rotatable bonds is 2. The Morgan fingerprint density at radius 2 is 2.30 bits per heavy atom. The molecule has 2 amide bonds. The lowest BCUT2D eigenvalue weighted by molar-refractivity contribution is 0.0464. The Labute approximate surface area is 135 Å². The number of nitrogens with one attached hydrogen (secondary N) is 1. The zero-order valence-electron chi connectivity index (χ0n) is 13.3. The molecule has 1 saturated heterocycles. The van der Waals surface area contributed by atoms with Crippen molar-refractivity contribution in [2.24, 2.45) is 5.92 Å². The molecule has 2 atom stereocenters. The molecule has 0 radical (unpaired) electrons. The first-order valence-electron chi connectivity index (χ1n) is 7.79. The van der Waals surface area contributed by atoms with Crippen molar-refractivity contribution in [3.63, 3.8) is 0 Å². The molecule has 122 valence electrons. The van der Waals surface area contributed by atoms with Crippen LogP contribution in [0.25, 0.3) is 11.5 Å². The van der Waals surface area contributed by atoms with Gasteiger partial charge in [0.15, 0.2) is 0 Å². The molecule has 0 saturated carbocycles. The number of aliphatic hydroxyl groups excluding tert-OH is 1. The van der Waals surface area contributed by atoms with Gasteiger partial charge in [-0.05, 0) is 37.5 Å². The van der Waals surface area contributed by atoms with Crippen molar-refractivity contribution in [3.8, 4) is 11.5 Å². The highest BCUT2D eigenvalue weighted by Gasteiger charge is 2.27. The molecule has 1 aliphatic rings. The van der Waals surface area contributed by atoms with Gasteiger partial charge < -0.3 is 19.7 Å². The lowest BCUT2D eigenvalue weighted by Crippen LogP contribution is -2.47. The maximum Gasteiger partial charge on any atom is 0.321 e. The number of benzene rings is 1. The van der Waals surface area contributed by atoms with Gasteiger partial charge in [0.05, 0.1) is 11.8 Å². The second kappa shape index (κ2) is 6.42. The Morgan fingerprint density at radius 1 is 1.48 bits per heavy atom. The van der Waals surface area contributed by atoms with Gasteiger partial charge in [0.25, 0.3) is 0 Å². The number of aryl methyl sites for hydroxylation is 1. The van der Waals surface area contributed by atoms with Crippen molar-refractivity contribution in [1.29, 1.82) is 0 Å². The average molecular weight is 315 g/mol. The molecule has 1 aromatic heterocycles. The van der Waals surface area contributed by atoms with Crippen LogP contribution in [0.5, 0.6) is 0 Å². The van der Waals surface area contributed by atoms with Crippen LogP contribution in [0.1, 0.15) is 19.0 Å². The quantitative estimate of drug-likeness (QED) is 0.893. The minimum absolute atomic E-state index is 0.198. The summed E-state index contributed by atoms with van der Waals surface area (Å²) in [6, 6.07) is 7.17. The molecule has 1 aliphatic heterocycles. The Balaban J connectivity index is 1.69. The third-order valence-electron chi connectivity index (χ3n) is 4.19. The average Bonchev–Trinajstić information content (AvgIpc) is 2.97. The fourth-order valence-electron chi connectivity index (χ4n) is 2.65. The second-order valence-electron chi connectivity index (χ2n) is 6.08. The SMILES string of the molecule is Cc1coc(-c2cccc(NC(=O)N3CCC(C)C(O)C3)c2)n1. The topological polar surface area (TPSA) is 78.6 Å². The molecule has 0 bridgehead atoms. The van der Waals surface area contributed by atoms with E-state index in [1.165, 1.54) is 0 Å². The molecule has 6 nitrogen and oxygen atoms in total. The highest BCUT2D eigenvalue weighted by atomic mass is 16.3. The van der Waals surface area contributed by atoms with E-state index in [1.807, 2.05) is 38.1 Å². The van der Waals surface area contributed by atoms with E-state index in [9.17, 15) is 9.90 Å². The van der Waals surface area contributed by atoms with Crippen molar-refractivity contribution < 1.29 is 14.3 Å². The molecule has 0 aliphatic carbocycles. The number of amides is 2. The molecule has 2 heterocycles. The van der Waals surface area contributed by atoms with E-state index >= 15 is 0 Å². The van der Waals surface area contributed by atoms with E-state index in [0.717, 1.165) is 17.7 Å². The van der Waals surface area contributed by atoms with Crippen LogP contribution in [0.2, 0.25) is 0 Å². The number of β-amino-alcohol motifs (C(OH)–C–C–N with tert-alkyl or cyclic N) is 1. The summed E-state index contributed by atoms with van der Waals surface area (Å²) < 4.78 is 5.39. The molecule has 1 fully saturated rings. The summed E-state index contributed by atoms with van der Waals surface area (Å²) >= 11 is 0. The Hall–Kier alpha value is -2.34. The molecule has 0 spiro atoms. The molecule has 6 heteroatoms. The van der Waals surface area contributed by atoms with Gasteiger partial charge in [-0.25, -0.2) is 9.78 Å². The highest BCUT2D eigenvalue weighted by molar-refractivity contribution is 5.90. The number of carbonyl (C=O) groups is 1. The summed E-state index contributed by atoms with van der Waals surface area (Å²) in [6.45, 7) is 4.89. The Kier molecular flexibility index (Phi) is 4.34. The third kappa shape index (κ3) is 3.53. The maximum atomic E-state index is 12.3. The summed E-state index contributed by atoms with van der Waals surface area (Å²) in [4.78, 5) is 18.3. The number of piperidine rings is 1. The number of anilines is 1. The van der Waals surface area contributed by atoms with Crippen molar-refractivity contribution in [2.75, 3.05) is 18.4 Å². The number of aromatic nitrogens is 1. The van der Waals surface area contributed by atoms with Gasteiger partial charge in [0.2, 0.25) is 5.89 Å². The van der Waals surface area contributed by atoms with E-state index in [2.05, 4.69) is 10.3 Å². The monoisotopic (exact) mass is 315 g/mol. The number of urea groups is 1. The molecule has 1 aromatic carbocycles. The number of likely N-dealkylation sites (tertiary alicyclic amines) is 1. The fraction of sp³-hybridized carbons (Fsp3) is 0.412. The number of carbonyl (C=O) groups excluding carboxylic acids is 1. The van der Waals surface area contributed by atoms with E-state index in [1.54, 1.807) is 11.2 Å². The first kappa shape index (κ1) is 15.6. The van der Waals surface area contributed by atoms with Gasteiger partial charge in [-0.2, -0.15) is 0 Å². The van der Waals surface area contributed by atoms with Crippen LogP contribution < -0.4 is 5.32 Å². The summed E-state index contributed by atoms with van der Waals surface area (Å²) in [5.74, 6) is 0.761. The minimum atomic E-state index is -0.462. The van der Waals surface area contributed by atoms with Gasteiger partial charge in [-0.3, -0.25) is 0 Å². The van der Waals surface area contributed by atoms with Crippen molar-refractivity contribution in [3.05, 3.63) is 36.2 Å². The Morgan fingerprint density at radius 3 is 3.00 bits per heavy atom. The van der Waals surface area contributed by atoms with Gasteiger partial charge in [0, 0.05) is 24.3 Å². The van der Waals surface area contributed by atoms with Crippen LogP contribution >= 0.6 is 0 Å². The van der Waals surface area contributed by atoms with Crippen LogP contribution in [-0.2, 0) is 0 Å². The number of nitrogens with zero attached hydrogens (tertiary/aromatic N) is 2. The largest absolute Gasteiger partial charge is 0.444 e. The zero-order valence-corrected chi connectivity index (χ0v) is 13.3. The molecule has 2 N–H and O–H groups in total. The number of aliphatic hydroxyl groups is 1. The summed E-state index contributed by atoms with van der Waals surface area (Å²) in [5, 5.41) is 12.8. The second-order valence-corrected chi connectivity index (χ2v) is 6.08. The van der Waals surface area contributed by atoms with E-state index < -0.39 is 6.10 Å². The third-order valence-corrected chi connectivity index (χ3v) is 4.19. The predicted molar refractivity (Wildman–Crippen MR) is 87.1 cm³/mol. The van der Waals surface area contributed by atoms with Crippen LogP contribution in [0.3, 0.4) is 0 Å². The van der Waals surface area contributed by atoms with Gasteiger partial charge in [0.1, 0.15) is 6.26 Å². The first-order valence-corrected chi connectivity index (χ1v) is 7.79.